The van der Waals surface area contributed by atoms with Crippen LogP contribution >= 0.6 is 0 Å². The predicted octanol–water partition coefficient (Wildman–Crippen LogP) is 2.19. The second-order valence-corrected chi connectivity index (χ2v) is 8.28. The highest BCUT2D eigenvalue weighted by molar-refractivity contribution is 5.76. The van der Waals surface area contributed by atoms with Gasteiger partial charge in [0.2, 0.25) is 11.9 Å². The summed E-state index contributed by atoms with van der Waals surface area (Å²) in [4.78, 5) is 18.9. The lowest BCUT2D eigenvalue weighted by atomic mass is 10.1. The van der Waals surface area contributed by atoms with Gasteiger partial charge in [0.05, 0.1) is 6.61 Å². The van der Waals surface area contributed by atoms with Gasteiger partial charge in [-0.15, -0.1) is 5.10 Å². The summed E-state index contributed by atoms with van der Waals surface area (Å²) in [7, 11) is 1.61. The number of carbonyl (C=O) groups is 1. The molecule has 0 aromatic carbocycles. The highest BCUT2D eigenvalue weighted by atomic mass is 16.5. The van der Waals surface area contributed by atoms with Crippen molar-refractivity contribution >= 4 is 29.0 Å². The Morgan fingerprint density at radius 2 is 2.13 bits per heavy atom. The van der Waals surface area contributed by atoms with Crippen LogP contribution in [0.2, 0.25) is 0 Å². The number of aromatic amines is 1. The molecule has 1 amide bonds. The quantitative estimate of drug-likeness (QED) is 0.508. The number of nitrogens with zero attached hydrogens (tertiary/aromatic N) is 5. The molecule has 0 bridgehead atoms. The van der Waals surface area contributed by atoms with Crippen LogP contribution in [-0.4, -0.2) is 63.6 Å². The molecule has 1 saturated heterocycles. The molecular weight excluding hydrogens is 396 g/mol. The smallest absolute Gasteiger partial charge is 0.245 e. The van der Waals surface area contributed by atoms with Crippen molar-refractivity contribution < 1.29 is 9.53 Å². The van der Waals surface area contributed by atoms with Crippen LogP contribution in [0.1, 0.15) is 43.7 Å². The summed E-state index contributed by atoms with van der Waals surface area (Å²) in [6.07, 6.45) is 6.50. The number of aromatic nitrogens is 5. The van der Waals surface area contributed by atoms with Gasteiger partial charge < -0.3 is 20.3 Å². The molecule has 31 heavy (non-hydrogen) atoms. The number of fused-ring (bicyclic) bond motifs is 1. The maximum absolute atomic E-state index is 12.0. The molecule has 3 aromatic heterocycles. The van der Waals surface area contributed by atoms with Crippen LogP contribution in [0.25, 0.3) is 5.52 Å². The zero-order valence-electron chi connectivity index (χ0n) is 17.7. The molecule has 1 saturated carbocycles. The Kier molecular flexibility index (Phi) is 5.46. The average molecular weight is 425 g/mol. The Hall–Kier alpha value is -3.14. The van der Waals surface area contributed by atoms with Crippen LogP contribution in [0.15, 0.2) is 24.4 Å². The SMILES string of the molecule is COCCC(=O)NC1CCN(c2nc(Nc3cc(C4CC4)[nH]n3)c3cccn3n2)CC1. The van der Waals surface area contributed by atoms with Crippen LogP contribution in [0.3, 0.4) is 0 Å². The molecule has 10 nitrogen and oxygen atoms in total. The van der Waals surface area contributed by atoms with Crippen molar-refractivity contribution in [2.24, 2.45) is 0 Å². The van der Waals surface area contributed by atoms with Crippen LogP contribution < -0.4 is 15.5 Å². The normalized spacial score (nSPS) is 17.3. The van der Waals surface area contributed by atoms with Crippen molar-refractivity contribution in [2.75, 3.05) is 37.0 Å². The Bertz CT molecular complexity index is 1050. The van der Waals surface area contributed by atoms with E-state index < -0.39 is 0 Å². The van der Waals surface area contributed by atoms with Crippen molar-refractivity contribution in [3.63, 3.8) is 0 Å². The largest absolute Gasteiger partial charge is 0.384 e. The summed E-state index contributed by atoms with van der Waals surface area (Å²) in [6.45, 7) is 2.02. The molecular formula is C21H28N8O2. The van der Waals surface area contributed by atoms with Crippen molar-refractivity contribution in [1.82, 2.24) is 30.1 Å². The number of H-pyrrole nitrogens is 1. The second-order valence-electron chi connectivity index (χ2n) is 8.28. The van der Waals surface area contributed by atoms with Gasteiger partial charge >= 0.3 is 0 Å². The van der Waals surface area contributed by atoms with Gasteiger partial charge in [0.15, 0.2) is 11.6 Å². The summed E-state index contributed by atoms with van der Waals surface area (Å²) < 4.78 is 6.82. The fourth-order valence-electron chi connectivity index (χ4n) is 3.99. The molecule has 0 unspecified atom stereocenters. The van der Waals surface area contributed by atoms with E-state index in [0.29, 0.717) is 24.9 Å². The monoisotopic (exact) mass is 424 g/mol. The maximum atomic E-state index is 12.0. The van der Waals surface area contributed by atoms with Gasteiger partial charge in [-0.1, -0.05) is 0 Å². The summed E-state index contributed by atoms with van der Waals surface area (Å²) in [5.41, 5.74) is 2.08. The number of hydrogen-bond acceptors (Lipinski definition) is 7. The van der Waals surface area contributed by atoms with Gasteiger partial charge in [0.25, 0.3) is 0 Å². The number of ether oxygens (including phenoxy) is 1. The first kappa shape index (κ1) is 19.8. The molecule has 3 aromatic rings. The van der Waals surface area contributed by atoms with E-state index in [1.54, 1.807) is 7.11 Å². The van der Waals surface area contributed by atoms with Gasteiger partial charge in [-0.3, -0.25) is 9.89 Å². The summed E-state index contributed by atoms with van der Waals surface area (Å²) in [6, 6.07) is 6.19. The standard InChI is InChI=1S/C21H28N8O2/c1-31-12-8-19(30)22-15-6-10-28(11-7-15)21-24-20(17-3-2-9-29(17)27-21)23-18-13-16(25-26-18)14-4-5-14/h2-3,9,13-15H,4-8,10-12H2,1H3,(H,22,30)(H2,23,24,25,26,27). The maximum Gasteiger partial charge on any atom is 0.245 e. The summed E-state index contributed by atoms with van der Waals surface area (Å²) in [5.74, 6) is 2.84. The first-order chi connectivity index (χ1) is 15.2. The van der Waals surface area contributed by atoms with E-state index in [-0.39, 0.29) is 11.9 Å². The van der Waals surface area contributed by atoms with E-state index in [4.69, 9.17) is 14.8 Å². The van der Waals surface area contributed by atoms with Crippen LogP contribution in [0.4, 0.5) is 17.6 Å². The van der Waals surface area contributed by atoms with Crippen LogP contribution in [0, 0.1) is 0 Å². The summed E-state index contributed by atoms with van der Waals surface area (Å²) in [5, 5.41) is 18.7. The van der Waals surface area contributed by atoms with Gasteiger partial charge in [-0.05, 0) is 37.8 Å². The first-order valence-corrected chi connectivity index (χ1v) is 10.9. The van der Waals surface area contributed by atoms with E-state index in [1.165, 1.54) is 18.5 Å². The highest BCUT2D eigenvalue weighted by Crippen LogP contribution is 2.39. The second kappa shape index (κ2) is 8.54. The molecule has 2 aliphatic rings. The molecule has 0 atom stereocenters. The topological polar surface area (TPSA) is 112 Å². The van der Waals surface area contributed by atoms with Crippen LogP contribution in [0.5, 0.6) is 0 Å². The molecule has 5 rings (SSSR count). The molecule has 4 heterocycles. The molecule has 164 valence electrons. The van der Waals surface area contributed by atoms with E-state index in [1.807, 2.05) is 22.8 Å². The van der Waals surface area contributed by atoms with E-state index in [2.05, 4.69) is 31.8 Å². The zero-order valence-corrected chi connectivity index (χ0v) is 17.7. The van der Waals surface area contributed by atoms with Crippen LogP contribution in [-0.2, 0) is 9.53 Å². The van der Waals surface area contributed by atoms with E-state index in [0.717, 1.165) is 43.1 Å². The molecule has 0 radical (unpaired) electrons. The lowest BCUT2D eigenvalue weighted by Crippen LogP contribution is -2.45. The third-order valence-electron chi connectivity index (χ3n) is 5.92. The van der Waals surface area contributed by atoms with E-state index >= 15 is 0 Å². The Morgan fingerprint density at radius 3 is 2.90 bits per heavy atom. The number of methoxy groups -OCH3 is 1. The zero-order chi connectivity index (χ0) is 21.2. The molecule has 10 heteroatoms. The molecule has 1 aliphatic carbocycles. The van der Waals surface area contributed by atoms with Gasteiger partial charge in [-0.2, -0.15) is 10.1 Å². The van der Waals surface area contributed by atoms with E-state index in [9.17, 15) is 4.79 Å². The van der Waals surface area contributed by atoms with Crippen molar-refractivity contribution in [3.8, 4) is 0 Å². The van der Waals surface area contributed by atoms with Crippen molar-refractivity contribution in [3.05, 3.63) is 30.1 Å². The third-order valence-corrected chi connectivity index (χ3v) is 5.92. The number of piperidine rings is 1. The Morgan fingerprint density at radius 1 is 1.29 bits per heavy atom. The number of anilines is 3. The minimum Gasteiger partial charge on any atom is -0.384 e. The number of carbonyl (C=O) groups excluding carboxylic acids is 1. The third kappa shape index (κ3) is 4.48. The fourth-order valence-corrected chi connectivity index (χ4v) is 3.99. The number of hydrogen-bond donors (Lipinski definition) is 3. The van der Waals surface area contributed by atoms with Gasteiger partial charge in [0, 0.05) is 56.5 Å². The minimum absolute atomic E-state index is 0.0429. The van der Waals surface area contributed by atoms with Crippen molar-refractivity contribution in [1.29, 1.82) is 0 Å². The first-order valence-electron chi connectivity index (χ1n) is 10.9. The van der Waals surface area contributed by atoms with Gasteiger partial charge in [-0.25, -0.2) is 4.52 Å². The van der Waals surface area contributed by atoms with Crippen molar-refractivity contribution in [2.45, 2.75) is 44.1 Å². The number of rotatable bonds is 8. The highest BCUT2D eigenvalue weighted by Gasteiger charge is 2.26. The summed E-state index contributed by atoms with van der Waals surface area (Å²) >= 11 is 0. The lowest BCUT2D eigenvalue weighted by molar-refractivity contribution is -0.122. The molecule has 2 fully saturated rings. The number of nitrogens with one attached hydrogen (secondary N) is 3. The minimum atomic E-state index is 0.0429. The lowest BCUT2D eigenvalue weighted by Gasteiger charge is -2.32. The molecule has 0 spiro atoms. The average Bonchev–Trinajstić information content (AvgIpc) is 3.33. The molecule has 3 N–H and O–H groups in total. The van der Waals surface area contributed by atoms with Gasteiger partial charge in [0.1, 0.15) is 5.52 Å². The Balaban J connectivity index is 1.27. The number of amides is 1. The predicted molar refractivity (Wildman–Crippen MR) is 117 cm³/mol. The fraction of sp³-hybridized carbons (Fsp3) is 0.524. The molecule has 1 aliphatic heterocycles. The Labute approximate surface area is 180 Å².